The molecule has 3 aromatic carbocycles. The minimum Gasteiger partial charge on any atom is -0.480 e. The molecule has 0 amide bonds. The molecule has 1 fully saturated rings. The Morgan fingerprint density at radius 3 is 2.38 bits per heavy atom. The van der Waals surface area contributed by atoms with Gasteiger partial charge in [0, 0.05) is 36.3 Å². The molecule has 0 spiro atoms. The van der Waals surface area contributed by atoms with Crippen LogP contribution < -0.4 is 13.9 Å². The molecule has 2 heterocycles. The molecular formula is C29H24ClF6N3O5S. The van der Waals surface area contributed by atoms with Gasteiger partial charge in [-0.15, -0.1) is 13.2 Å². The van der Waals surface area contributed by atoms with Crippen molar-refractivity contribution in [3.63, 3.8) is 0 Å². The standard InChI is InChI=1S/C29H24ClF6N3O5S/c30-24-6-2-5-23(28(31,32)33)22(24)9-7-18-8-10-25-26(13-18)39(16-19-15-37(17-27(40)41)11-12-38(19)25)45(42,43)21-4-1-3-20(14-21)44-29(34,35)36/h1-10,13-14,19H,11-12,15-17H2,(H,40,41)/b9-7+/t19-/m0/s1. The smallest absolute Gasteiger partial charge is 0.480 e. The molecule has 0 aliphatic carbocycles. The minimum atomic E-state index is -5.06. The molecule has 8 nitrogen and oxygen atoms in total. The number of hydrogen-bond donors (Lipinski definition) is 1. The van der Waals surface area contributed by atoms with Crippen molar-refractivity contribution < 1.29 is 49.4 Å². The number of hydrogen-bond acceptors (Lipinski definition) is 6. The van der Waals surface area contributed by atoms with E-state index in [0.29, 0.717) is 24.3 Å². The quantitative estimate of drug-likeness (QED) is 0.235. The first-order chi connectivity index (χ1) is 21.0. The number of aliphatic carboxylic acids is 1. The van der Waals surface area contributed by atoms with E-state index in [-0.39, 0.29) is 35.9 Å². The summed E-state index contributed by atoms with van der Waals surface area (Å²) in [5, 5.41) is 9.12. The van der Waals surface area contributed by atoms with Crippen LogP contribution in [0.25, 0.3) is 12.2 Å². The van der Waals surface area contributed by atoms with Crippen LogP contribution in [0.3, 0.4) is 0 Å². The number of rotatable bonds is 7. The van der Waals surface area contributed by atoms with Gasteiger partial charge in [-0.25, -0.2) is 8.42 Å². The zero-order chi connectivity index (χ0) is 32.7. The lowest BCUT2D eigenvalue weighted by molar-refractivity contribution is -0.274. The summed E-state index contributed by atoms with van der Waals surface area (Å²) in [5.74, 6) is -1.81. The van der Waals surface area contributed by atoms with E-state index < -0.39 is 50.8 Å². The highest BCUT2D eigenvalue weighted by atomic mass is 35.5. The Balaban J connectivity index is 1.58. The van der Waals surface area contributed by atoms with Crippen molar-refractivity contribution in [1.29, 1.82) is 0 Å². The van der Waals surface area contributed by atoms with Crippen LogP contribution in [0.5, 0.6) is 5.75 Å². The number of benzene rings is 3. The summed E-state index contributed by atoms with van der Waals surface area (Å²) in [7, 11) is -4.53. The SMILES string of the molecule is O=C(O)CN1CCN2c3ccc(/C=C/c4c(Cl)cccc4C(F)(F)F)cc3N(S(=O)(=O)c3cccc(OC(F)(F)F)c3)C[C@@H]2C1. The number of nitrogens with zero attached hydrogens (tertiary/aromatic N) is 3. The third kappa shape index (κ3) is 7.15. The largest absolute Gasteiger partial charge is 0.573 e. The molecule has 2 aliphatic rings. The van der Waals surface area contributed by atoms with Gasteiger partial charge in [-0.3, -0.25) is 14.0 Å². The second kappa shape index (κ2) is 12.1. The van der Waals surface area contributed by atoms with Gasteiger partial charge in [0.05, 0.1) is 41.0 Å². The number of ether oxygens (including phenoxy) is 1. The van der Waals surface area contributed by atoms with E-state index in [9.17, 15) is 44.7 Å². The topological polar surface area (TPSA) is 90.4 Å². The molecule has 5 rings (SSSR count). The van der Waals surface area contributed by atoms with Gasteiger partial charge in [0.15, 0.2) is 0 Å². The Morgan fingerprint density at radius 2 is 1.69 bits per heavy atom. The van der Waals surface area contributed by atoms with Gasteiger partial charge in [-0.1, -0.05) is 42.0 Å². The summed E-state index contributed by atoms with van der Waals surface area (Å²) in [6.45, 7) is 0.430. The first-order valence-corrected chi connectivity index (χ1v) is 15.1. The maximum Gasteiger partial charge on any atom is 0.573 e. The summed E-state index contributed by atoms with van der Waals surface area (Å²) < 4.78 is 112. The molecule has 0 aromatic heterocycles. The molecule has 16 heteroatoms. The number of alkyl halides is 6. The fourth-order valence-corrected chi connectivity index (χ4v) is 7.21. The predicted octanol–water partition coefficient (Wildman–Crippen LogP) is 6.21. The van der Waals surface area contributed by atoms with Crippen LogP contribution in [-0.2, 0) is 21.0 Å². The molecule has 0 bridgehead atoms. The van der Waals surface area contributed by atoms with Crippen LogP contribution in [-0.4, -0.2) is 69.5 Å². The summed E-state index contributed by atoms with van der Waals surface area (Å²) in [5.41, 5.74) is -0.351. The summed E-state index contributed by atoms with van der Waals surface area (Å²) in [6.07, 6.45) is -7.24. The van der Waals surface area contributed by atoms with Crippen LogP contribution in [0.2, 0.25) is 5.02 Å². The first kappa shape index (κ1) is 32.4. The van der Waals surface area contributed by atoms with Gasteiger partial charge in [0.2, 0.25) is 0 Å². The van der Waals surface area contributed by atoms with E-state index in [1.807, 2.05) is 4.90 Å². The number of fused-ring (bicyclic) bond motifs is 3. The highest BCUT2D eigenvalue weighted by Crippen LogP contribution is 2.42. The van der Waals surface area contributed by atoms with Gasteiger partial charge >= 0.3 is 18.5 Å². The van der Waals surface area contributed by atoms with Crippen molar-refractivity contribution in [2.75, 3.05) is 41.9 Å². The number of carboxylic acids is 1. The van der Waals surface area contributed by atoms with Crippen LogP contribution >= 0.6 is 11.6 Å². The number of sulfonamides is 1. The average Bonchev–Trinajstić information content (AvgIpc) is 2.94. The van der Waals surface area contributed by atoms with Crippen molar-refractivity contribution in [1.82, 2.24) is 4.90 Å². The Hall–Kier alpha value is -3.95. The third-order valence-corrected chi connectivity index (χ3v) is 9.41. The fourth-order valence-electron chi connectivity index (χ4n) is 5.42. The molecule has 1 N–H and O–H groups in total. The normalized spacial score (nSPS) is 17.7. The molecule has 240 valence electrons. The highest BCUT2D eigenvalue weighted by Gasteiger charge is 2.41. The number of piperazine rings is 1. The van der Waals surface area contributed by atoms with E-state index in [1.165, 1.54) is 30.4 Å². The zero-order valence-electron chi connectivity index (χ0n) is 23.0. The Bertz CT molecular complexity index is 1750. The third-order valence-electron chi connectivity index (χ3n) is 7.31. The number of carboxylic acid groups (broad SMARTS) is 1. The average molecular weight is 676 g/mol. The van der Waals surface area contributed by atoms with Crippen LogP contribution in [0.4, 0.5) is 37.7 Å². The van der Waals surface area contributed by atoms with Gasteiger partial charge in [-0.2, -0.15) is 13.2 Å². The lowest BCUT2D eigenvalue weighted by Gasteiger charge is -2.48. The van der Waals surface area contributed by atoms with E-state index in [1.54, 1.807) is 17.0 Å². The van der Waals surface area contributed by atoms with E-state index in [2.05, 4.69) is 4.74 Å². The molecule has 1 saturated heterocycles. The predicted molar refractivity (Wildman–Crippen MR) is 155 cm³/mol. The summed E-state index contributed by atoms with van der Waals surface area (Å²) in [6, 6.07) is 11.4. The molecule has 3 aromatic rings. The summed E-state index contributed by atoms with van der Waals surface area (Å²) >= 11 is 6.07. The maximum absolute atomic E-state index is 14.0. The lowest BCUT2D eigenvalue weighted by atomic mass is 10.0. The molecule has 0 saturated carbocycles. The lowest BCUT2D eigenvalue weighted by Crippen LogP contribution is -2.61. The number of halogens is 7. The van der Waals surface area contributed by atoms with Crippen molar-refractivity contribution >= 4 is 51.1 Å². The van der Waals surface area contributed by atoms with E-state index in [0.717, 1.165) is 34.6 Å². The van der Waals surface area contributed by atoms with Gasteiger partial charge in [0.25, 0.3) is 10.0 Å². The zero-order valence-corrected chi connectivity index (χ0v) is 24.6. The van der Waals surface area contributed by atoms with Crippen LogP contribution in [0, 0.1) is 0 Å². The van der Waals surface area contributed by atoms with Crippen LogP contribution in [0.15, 0.2) is 65.6 Å². The molecule has 1 atom stereocenters. The Morgan fingerprint density at radius 1 is 0.956 bits per heavy atom. The van der Waals surface area contributed by atoms with Crippen molar-refractivity contribution in [2.45, 2.75) is 23.5 Å². The highest BCUT2D eigenvalue weighted by molar-refractivity contribution is 7.92. The molecular weight excluding hydrogens is 652 g/mol. The van der Waals surface area contributed by atoms with Gasteiger partial charge in [-0.05, 0) is 42.0 Å². The summed E-state index contributed by atoms with van der Waals surface area (Å²) in [4.78, 5) is 14.4. The molecule has 0 radical (unpaired) electrons. The first-order valence-electron chi connectivity index (χ1n) is 13.3. The molecule has 2 aliphatic heterocycles. The van der Waals surface area contributed by atoms with Gasteiger partial charge < -0.3 is 14.7 Å². The number of anilines is 2. The fraction of sp³-hybridized carbons (Fsp3) is 0.276. The van der Waals surface area contributed by atoms with Crippen molar-refractivity contribution in [2.24, 2.45) is 0 Å². The number of carbonyl (C=O) groups is 1. The Labute approximate surface area is 258 Å². The maximum atomic E-state index is 14.0. The second-order valence-electron chi connectivity index (χ2n) is 10.3. The minimum absolute atomic E-state index is 0.137. The van der Waals surface area contributed by atoms with E-state index in [4.69, 9.17) is 11.6 Å². The van der Waals surface area contributed by atoms with Crippen molar-refractivity contribution in [3.8, 4) is 5.75 Å². The molecule has 0 unspecified atom stereocenters. The van der Waals surface area contributed by atoms with Crippen LogP contribution in [0.1, 0.15) is 16.7 Å². The van der Waals surface area contributed by atoms with Gasteiger partial charge in [0.1, 0.15) is 5.75 Å². The van der Waals surface area contributed by atoms with Crippen molar-refractivity contribution in [3.05, 3.63) is 82.4 Å². The second-order valence-corrected chi connectivity index (χ2v) is 12.6. The monoisotopic (exact) mass is 675 g/mol. The molecule has 45 heavy (non-hydrogen) atoms. The Kier molecular flexibility index (Phi) is 8.72. The van der Waals surface area contributed by atoms with E-state index >= 15 is 0 Å².